The maximum absolute atomic E-state index is 11.7. The molecule has 0 aliphatic heterocycles. The molecule has 0 aliphatic carbocycles. The fraction of sp³-hybridized carbons (Fsp3) is 0.917. The van der Waals surface area contributed by atoms with Gasteiger partial charge in [-0.15, -0.1) is 0 Å². The van der Waals surface area contributed by atoms with Gasteiger partial charge in [-0.3, -0.25) is 4.79 Å². The number of hydrogen-bond acceptors (Lipinski definition) is 4. The van der Waals surface area contributed by atoms with Crippen molar-refractivity contribution < 1.29 is 19.4 Å². The summed E-state index contributed by atoms with van der Waals surface area (Å²) in [6.07, 6.45) is 2.99. The van der Waals surface area contributed by atoms with Gasteiger partial charge in [-0.2, -0.15) is 0 Å². The number of aliphatic hydroxyl groups is 1. The van der Waals surface area contributed by atoms with Crippen molar-refractivity contribution in [2.45, 2.75) is 45.1 Å². The van der Waals surface area contributed by atoms with Gasteiger partial charge in [0.25, 0.3) is 0 Å². The number of esters is 1. The minimum absolute atomic E-state index is 0.160. The van der Waals surface area contributed by atoms with E-state index in [1.54, 1.807) is 0 Å². The Morgan fingerprint density at radius 3 is 2.38 bits per heavy atom. The first-order valence-electron chi connectivity index (χ1n) is 5.84. The monoisotopic (exact) mass is 232 g/mol. The third-order valence-electron chi connectivity index (χ3n) is 2.99. The summed E-state index contributed by atoms with van der Waals surface area (Å²) in [6, 6.07) is 0. The van der Waals surface area contributed by atoms with Crippen molar-refractivity contribution in [1.82, 2.24) is 0 Å². The Kier molecular flexibility index (Phi) is 7.34. The molecule has 2 unspecified atom stereocenters. The van der Waals surface area contributed by atoms with Gasteiger partial charge in [0.15, 0.2) is 0 Å². The number of carbonyl (C=O) groups excluding carboxylic acids is 1. The molecule has 0 aromatic carbocycles. The van der Waals surface area contributed by atoms with Crippen molar-refractivity contribution in [3.63, 3.8) is 0 Å². The SMILES string of the molecule is CCCCC(C(=O)OC)C(O)(CC)COC. The normalized spacial score (nSPS) is 16.6. The topological polar surface area (TPSA) is 55.8 Å². The molecule has 0 heterocycles. The van der Waals surface area contributed by atoms with Gasteiger partial charge in [0, 0.05) is 7.11 Å². The Balaban J connectivity index is 4.74. The minimum Gasteiger partial charge on any atom is -0.469 e. The standard InChI is InChI=1S/C12H24O4/c1-5-7-8-10(11(13)16-4)12(14,6-2)9-15-3/h10,14H,5-9H2,1-4H3. The molecule has 1 N–H and O–H groups in total. The van der Waals surface area contributed by atoms with Gasteiger partial charge >= 0.3 is 5.97 Å². The molecular weight excluding hydrogens is 208 g/mol. The van der Waals surface area contributed by atoms with Crippen LogP contribution in [0.4, 0.5) is 0 Å². The van der Waals surface area contributed by atoms with E-state index < -0.39 is 11.5 Å². The van der Waals surface area contributed by atoms with Crippen LogP contribution in [0.5, 0.6) is 0 Å². The number of unbranched alkanes of at least 4 members (excludes halogenated alkanes) is 1. The third kappa shape index (κ3) is 4.10. The highest BCUT2D eigenvalue weighted by Crippen LogP contribution is 2.28. The molecule has 0 aromatic rings. The zero-order valence-electron chi connectivity index (χ0n) is 10.8. The second kappa shape index (κ2) is 7.63. The number of hydrogen-bond donors (Lipinski definition) is 1. The Morgan fingerprint density at radius 1 is 1.38 bits per heavy atom. The molecule has 0 saturated carbocycles. The van der Waals surface area contributed by atoms with E-state index in [0.29, 0.717) is 12.8 Å². The number of rotatable bonds is 8. The highest BCUT2D eigenvalue weighted by molar-refractivity contribution is 5.73. The van der Waals surface area contributed by atoms with E-state index in [1.807, 2.05) is 6.92 Å². The van der Waals surface area contributed by atoms with Crippen molar-refractivity contribution >= 4 is 5.97 Å². The number of ether oxygens (including phenoxy) is 2. The molecule has 4 nitrogen and oxygen atoms in total. The average Bonchev–Trinajstić information content (AvgIpc) is 2.29. The summed E-state index contributed by atoms with van der Waals surface area (Å²) < 4.78 is 9.74. The van der Waals surface area contributed by atoms with E-state index in [0.717, 1.165) is 12.8 Å². The van der Waals surface area contributed by atoms with Gasteiger partial charge in [0.1, 0.15) is 5.60 Å². The predicted molar refractivity (Wildman–Crippen MR) is 62.1 cm³/mol. The molecule has 0 amide bonds. The van der Waals surface area contributed by atoms with Crippen LogP contribution in [0.1, 0.15) is 39.5 Å². The van der Waals surface area contributed by atoms with Crippen LogP contribution in [0.15, 0.2) is 0 Å². The lowest BCUT2D eigenvalue weighted by molar-refractivity contribution is -0.161. The number of carbonyl (C=O) groups is 1. The Morgan fingerprint density at radius 2 is 2.00 bits per heavy atom. The van der Waals surface area contributed by atoms with Gasteiger partial charge in [-0.1, -0.05) is 26.7 Å². The molecule has 0 saturated heterocycles. The zero-order valence-corrected chi connectivity index (χ0v) is 10.8. The fourth-order valence-electron chi connectivity index (χ4n) is 1.86. The Hall–Kier alpha value is -0.610. The second-order valence-corrected chi connectivity index (χ2v) is 4.11. The first-order chi connectivity index (χ1) is 7.55. The maximum atomic E-state index is 11.7. The van der Waals surface area contributed by atoms with Crippen LogP contribution < -0.4 is 0 Å². The second-order valence-electron chi connectivity index (χ2n) is 4.11. The molecule has 0 aromatic heterocycles. The van der Waals surface area contributed by atoms with Gasteiger partial charge in [-0.05, 0) is 12.8 Å². The van der Waals surface area contributed by atoms with E-state index in [4.69, 9.17) is 9.47 Å². The summed E-state index contributed by atoms with van der Waals surface area (Å²) in [5, 5.41) is 10.4. The van der Waals surface area contributed by atoms with Crippen LogP contribution in [-0.4, -0.2) is 37.5 Å². The molecule has 4 heteroatoms. The summed E-state index contributed by atoms with van der Waals surface area (Å²) in [4.78, 5) is 11.7. The third-order valence-corrected chi connectivity index (χ3v) is 2.99. The van der Waals surface area contributed by atoms with Crippen molar-refractivity contribution in [1.29, 1.82) is 0 Å². The lowest BCUT2D eigenvalue weighted by Crippen LogP contribution is -2.46. The lowest BCUT2D eigenvalue weighted by Gasteiger charge is -2.33. The van der Waals surface area contributed by atoms with Gasteiger partial charge in [-0.25, -0.2) is 0 Å². The zero-order chi connectivity index (χ0) is 12.6. The molecule has 0 rings (SSSR count). The highest BCUT2D eigenvalue weighted by atomic mass is 16.5. The molecule has 0 aliphatic rings. The van der Waals surface area contributed by atoms with Crippen molar-refractivity contribution in [2.24, 2.45) is 5.92 Å². The van der Waals surface area contributed by atoms with Crippen molar-refractivity contribution in [3.05, 3.63) is 0 Å². The molecule has 0 fully saturated rings. The van der Waals surface area contributed by atoms with Crippen LogP contribution in [0.3, 0.4) is 0 Å². The van der Waals surface area contributed by atoms with Crippen LogP contribution in [0, 0.1) is 5.92 Å². The highest BCUT2D eigenvalue weighted by Gasteiger charge is 2.40. The van der Waals surface area contributed by atoms with Gasteiger partial charge in [0.2, 0.25) is 0 Å². The lowest BCUT2D eigenvalue weighted by atomic mass is 9.82. The molecule has 0 radical (unpaired) electrons. The van der Waals surface area contributed by atoms with E-state index in [-0.39, 0.29) is 12.6 Å². The summed E-state index contributed by atoms with van der Waals surface area (Å²) >= 11 is 0. The molecule has 2 atom stereocenters. The summed E-state index contributed by atoms with van der Waals surface area (Å²) in [5.74, 6) is -0.850. The summed E-state index contributed by atoms with van der Waals surface area (Å²) in [7, 11) is 2.87. The predicted octanol–water partition coefficient (Wildman–Crippen LogP) is 1.75. The Labute approximate surface area is 97.9 Å². The fourth-order valence-corrected chi connectivity index (χ4v) is 1.86. The first kappa shape index (κ1) is 15.4. The van der Waals surface area contributed by atoms with Gasteiger partial charge in [0.05, 0.1) is 19.6 Å². The van der Waals surface area contributed by atoms with Crippen LogP contribution in [0.2, 0.25) is 0 Å². The minimum atomic E-state index is -1.11. The van der Waals surface area contributed by atoms with E-state index in [9.17, 15) is 9.90 Å². The largest absolute Gasteiger partial charge is 0.469 e. The molecular formula is C12H24O4. The van der Waals surface area contributed by atoms with Crippen LogP contribution in [-0.2, 0) is 14.3 Å². The van der Waals surface area contributed by atoms with E-state index in [1.165, 1.54) is 14.2 Å². The van der Waals surface area contributed by atoms with Crippen molar-refractivity contribution in [3.8, 4) is 0 Å². The smallest absolute Gasteiger partial charge is 0.311 e. The van der Waals surface area contributed by atoms with Gasteiger partial charge < -0.3 is 14.6 Å². The van der Waals surface area contributed by atoms with Crippen molar-refractivity contribution in [2.75, 3.05) is 20.8 Å². The summed E-state index contributed by atoms with van der Waals surface area (Å²) in [6.45, 7) is 4.06. The molecule has 0 bridgehead atoms. The first-order valence-corrected chi connectivity index (χ1v) is 5.84. The van der Waals surface area contributed by atoms with Crippen LogP contribution in [0.25, 0.3) is 0 Å². The average molecular weight is 232 g/mol. The molecule has 16 heavy (non-hydrogen) atoms. The Bertz CT molecular complexity index is 205. The molecule has 0 spiro atoms. The van der Waals surface area contributed by atoms with Crippen LogP contribution >= 0.6 is 0 Å². The van der Waals surface area contributed by atoms with E-state index in [2.05, 4.69) is 6.92 Å². The van der Waals surface area contributed by atoms with E-state index >= 15 is 0 Å². The number of methoxy groups -OCH3 is 2. The summed E-state index contributed by atoms with van der Waals surface area (Å²) in [5.41, 5.74) is -1.11. The maximum Gasteiger partial charge on any atom is 0.311 e. The molecule has 96 valence electrons. The quantitative estimate of drug-likeness (QED) is 0.648.